The summed E-state index contributed by atoms with van der Waals surface area (Å²) < 4.78 is 0. The second-order valence-corrected chi connectivity index (χ2v) is 17.2. The van der Waals surface area contributed by atoms with Crippen molar-refractivity contribution in [2.24, 2.45) is 5.73 Å². The van der Waals surface area contributed by atoms with Crippen LogP contribution in [0.2, 0.25) is 0 Å². The van der Waals surface area contributed by atoms with Crippen molar-refractivity contribution in [2.75, 3.05) is 45.8 Å². The van der Waals surface area contributed by atoms with E-state index in [0.717, 1.165) is 58.4 Å². The maximum atomic E-state index is 10.6. The third kappa shape index (κ3) is 44.1. The lowest BCUT2D eigenvalue weighted by molar-refractivity contribution is 0.102. The van der Waals surface area contributed by atoms with Crippen molar-refractivity contribution in [1.82, 2.24) is 9.80 Å². The molecule has 336 valence electrons. The van der Waals surface area contributed by atoms with Gasteiger partial charge in [-0.3, -0.25) is 0 Å². The van der Waals surface area contributed by atoms with Gasteiger partial charge in [0.1, 0.15) is 0 Å². The molecule has 0 aromatic carbocycles. The summed E-state index contributed by atoms with van der Waals surface area (Å²) in [5, 5.41) is 20.8. The molecule has 0 aromatic rings. The number of nitrogens with two attached hydrogens (primary N) is 1. The van der Waals surface area contributed by atoms with Gasteiger partial charge in [0.25, 0.3) is 0 Å². The van der Waals surface area contributed by atoms with Gasteiger partial charge in [-0.2, -0.15) is 0 Å². The molecule has 0 amide bonds. The number of hydrogen-bond acceptors (Lipinski definition) is 5. The first-order valence-electron chi connectivity index (χ1n) is 25.2. The van der Waals surface area contributed by atoms with E-state index in [1.165, 1.54) is 180 Å². The van der Waals surface area contributed by atoms with Gasteiger partial charge in [0.15, 0.2) is 0 Å². The number of hydrogen-bond donors (Lipinski definition) is 3. The van der Waals surface area contributed by atoms with Crippen LogP contribution in [0.15, 0.2) is 48.6 Å². The molecular weight excluding hydrogens is 699 g/mol. The molecule has 5 nitrogen and oxygen atoms in total. The summed E-state index contributed by atoms with van der Waals surface area (Å²) in [5.41, 5.74) is 5.78. The first kappa shape index (κ1) is 55.8. The van der Waals surface area contributed by atoms with Crippen LogP contribution in [0, 0.1) is 0 Å². The summed E-state index contributed by atoms with van der Waals surface area (Å²) >= 11 is 0. The lowest BCUT2D eigenvalue weighted by Gasteiger charge is -2.25. The summed E-state index contributed by atoms with van der Waals surface area (Å²) in [6.07, 6.45) is 58.5. The van der Waals surface area contributed by atoms with Gasteiger partial charge in [0.2, 0.25) is 0 Å². The normalized spacial score (nSPS) is 13.6. The molecule has 0 heterocycles. The molecule has 0 radical (unpaired) electrons. The first-order chi connectivity index (χ1) is 28.1. The molecule has 0 aromatic heterocycles. The Balaban J connectivity index is 4.06. The van der Waals surface area contributed by atoms with Crippen molar-refractivity contribution < 1.29 is 10.2 Å². The van der Waals surface area contributed by atoms with E-state index in [1.807, 2.05) is 0 Å². The quantitative estimate of drug-likeness (QED) is 0.0422. The van der Waals surface area contributed by atoms with Crippen LogP contribution in [-0.2, 0) is 0 Å². The van der Waals surface area contributed by atoms with Crippen LogP contribution >= 0.6 is 0 Å². The third-order valence-electron chi connectivity index (χ3n) is 11.4. The number of allylic oxidation sites excluding steroid dienone is 8. The van der Waals surface area contributed by atoms with Gasteiger partial charge in [0, 0.05) is 19.6 Å². The molecule has 2 unspecified atom stereocenters. The Bertz CT molecular complexity index is 887. The summed E-state index contributed by atoms with van der Waals surface area (Å²) in [6, 6.07) is 0. The van der Waals surface area contributed by atoms with E-state index in [2.05, 4.69) is 79.2 Å². The predicted molar refractivity (Wildman–Crippen MR) is 255 cm³/mol. The van der Waals surface area contributed by atoms with Gasteiger partial charge < -0.3 is 25.7 Å². The lowest BCUT2D eigenvalue weighted by Crippen LogP contribution is -2.37. The minimum Gasteiger partial charge on any atom is -0.392 e. The van der Waals surface area contributed by atoms with Gasteiger partial charge >= 0.3 is 0 Å². The van der Waals surface area contributed by atoms with Crippen molar-refractivity contribution in [3.05, 3.63) is 48.6 Å². The Labute approximate surface area is 357 Å². The minimum atomic E-state index is -0.413. The van der Waals surface area contributed by atoms with Crippen molar-refractivity contribution in [1.29, 1.82) is 0 Å². The Hall–Kier alpha value is -1.24. The van der Waals surface area contributed by atoms with E-state index in [9.17, 15) is 10.2 Å². The average Bonchev–Trinajstić information content (AvgIpc) is 3.21. The van der Waals surface area contributed by atoms with E-state index in [-0.39, 0.29) is 6.10 Å². The van der Waals surface area contributed by atoms with Crippen molar-refractivity contribution in [3.8, 4) is 0 Å². The fraction of sp³-hybridized carbons (Fsp3) is 0.846. The Morgan fingerprint density at radius 3 is 0.982 bits per heavy atom. The van der Waals surface area contributed by atoms with Gasteiger partial charge in [-0.1, -0.05) is 179 Å². The zero-order chi connectivity index (χ0) is 41.5. The van der Waals surface area contributed by atoms with Crippen molar-refractivity contribution in [2.45, 2.75) is 238 Å². The minimum absolute atomic E-state index is 0.185. The van der Waals surface area contributed by atoms with E-state index in [4.69, 9.17) is 5.73 Å². The number of aliphatic hydroxyl groups is 2. The molecule has 0 aliphatic rings. The van der Waals surface area contributed by atoms with Crippen LogP contribution in [0.4, 0.5) is 0 Å². The zero-order valence-corrected chi connectivity index (χ0v) is 38.7. The van der Waals surface area contributed by atoms with E-state index in [0.29, 0.717) is 13.1 Å². The zero-order valence-electron chi connectivity index (χ0n) is 38.7. The average molecular weight is 800 g/mol. The first-order valence-corrected chi connectivity index (χ1v) is 25.2. The maximum absolute atomic E-state index is 10.6. The molecule has 0 bridgehead atoms. The molecule has 0 aliphatic carbocycles. The molecule has 0 rings (SSSR count). The number of rotatable bonds is 46. The van der Waals surface area contributed by atoms with E-state index >= 15 is 0 Å². The molecular formula is C52H101N3O2. The highest BCUT2D eigenvalue weighted by atomic mass is 16.3. The van der Waals surface area contributed by atoms with Crippen LogP contribution in [0.3, 0.4) is 0 Å². The summed E-state index contributed by atoms with van der Waals surface area (Å²) in [5.74, 6) is 0. The van der Waals surface area contributed by atoms with Gasteiger partial charge in [-0.25, -0.2) is 0 Å². The Morgan fingerprint density at radius 2 is 0.667 bits per heavy atom. The monoisotopic (exact) mass is 800 g/mol. The Kier molecular flexibility index (Phi) is 46.4. The smallest absolute Gasteiger partial charge is 0.0789 e. The SMILES string of the molecule is CCCCC/C=C\C/C=C/CCCCCCCCN(CCCCCCCCN(CCCCCCCC/C=C/C/C=C\CCCCC)CC(O)CCC)CC(O)CN. The van der Waals surface area contributed by atoms with Crippen LogP contribution in [0.1, 0.15) is 226 Å². The highest BCUT2D eigenvalue weighted by molar-refractivity contribution is 4.93. The van der Waals surface area contributed by atoms with Crippen LogP contribution < -0.4 is 5.73 Å². The molecule has 0 saturated carbocycles. The van der Waals surface area contributed by atoms with Crippen LogP contribution in [-0.4, -0.2) is 78.0 Å². The second-order valence-electron chi connectivity index (χ2n) is 17.2. The van der Waals surface area contributed by atoms with Gasteiger partial charge in [0.05, 0.1) is 12.2 Å². The third-order valence-corrected chi connectivity index (χ3v) is 11.4. The molecule has 57 heavy (non-hydrogen) atoms. The van der Waals surface area contributed by atoms with Crippen molar-refractivity contribution >= 4 is 0 Å². The van der Waals surface area contributed by atoms with Gasteiger partial charge in [-0.15, -0.1) is 0 Å². The summed E-state index contributed by atoms with van der Waals surface area (Å²) in [4.78, 5) is 5.02. The van der Waals surface area contributed by atoms with Gasteiger partial charge in [-0.05, 0) is 122 Å². The molecule has 0 aliphatic heterocycles. The summed E-state index contributed by atoms with van der Waals surface area (Å²) in [6.45, 7) is 13.0. The number of unbranched alkanes of at least 4 members (excludes halogenated alkanes) is 23. The molecule has 0 saturated heterocycles. The van der Waals surface area contributed by atoms with E-state index < -0.39 is 6.10 Å². The highest BCUT2D eigenvalue weighted by Crippen LogP contribution is 2.14. The lowest BCUT2D eigenvalue weighted by atomic mass is 10.1. The largest absolute Gasteiger partial charge is 0.392 e. The molecule has 5 heteroatoms. The molecule has 0 spiro atoms. The van der Waals surface area contributed by atoms with Crippen LogP contribution in [0.5, 0.6) is 0 Å². The predicted octanol–water partition coefficient (Wildman–Crippen LogP) is 14.0. The van der Waals surface area contributed by atoms with Crippen LogP contribution in [0.25, 0.3) is 0 Å². The molecule has 4 N–H and O–H groups in total. The number of aliphatic hydroxyl groups excluding tert-OH is 2. The fourth-order valence-corrected chi connectivity index (χ4v) is 7.71. The fourth-order valence-electron chi connectivity index (χ4n) is 7.71. The topological polar surface area (TPSA) is 73.0 Å². The maximum Gasteiger partial charge on any atom is 0.0789 e. The Morgan fingerprint density at radius 1 is 0.368 bits per heavy atom. The summed E-state index contributed by atoms with van der Waals surface area (Å²) in [7, 11) is 0. The van der Waals surface area contributed by atoms with Crippen molar-refractivity contribution in [3.63, 3.8) is 0 Å². The van der Waals surface area contributed by atoms with E-state index in [1.54, 1.807) is 0 Å². The second kappa shape index (κ2) is 47.4. The standard InChI is InChI=1S/C52H101N3O2/c1-4-7-9-11-13-15-17-19-21-23-25-27-29-31-35-39-44-54(49-51(56)43-6-3)45-40-37-33-34-38-42-47-55(50-52(57)48-53)46-41-36-32-30-28-26-24-22-20-18-16-14-12-10-8-5-2/h13-16,19-22,51-52,56-57H,4-12,17-18,23-50,53H2,1-3H3/b15-13-,16-14-,21-19+,22-20+. The molecule has 2 atom stereocenters. The number of nitrogens with zero attached hydrogens (tertiary/aromatic N) is 2. The highest BCUT2D eigenvalue weighted by Gasteiger charge is 2.12. The molecule has 0 fully saturated rings.